The number of carbonyl (C=O) groups excluding carboxylic acids is 2. The van der Waals surface area contributed by atoms with Crippen molar-refractivity contribution in [3.8, 4) is 11.5 Å². The number of hydrogen-bond donors (Lipinski definition) is 4. The van der Waals surface area contributed by atoms with Crippen LogP contribution in [0.4, 0.5) is 0 Å². The molecular formula is C20H20O9. The third kappa shape index (κ3) is 6.82. The Morgan fingerprint density at radius 2 is 1.21 bits per heavy atom. The second-order valence-corrected chi connectivity index (χ2v) is 6.35. The minimum Gasteiger partial charge on any atom is -0.508 e. The van der Waals surface area contributed by atoms with E-state index in [4.69, 9.17) is 14.6 Å². The van der Waals surface area contributed by atoms with Crippen molar-refractivity contribution in [3.63, 3.8) is 0 Å². The van der Waals surface area contributed by atoms with Crippen molar-refractivity contribution < 1.29 is 44.3 Å². The summed E-state index contributed by atoms with van der Waals surface area (Å²) >= 11 is 0. The Bertz CT molecular complexity index is 859. The van der Waals surface area contributed by atoms with Crippen LogP contribution in [-0.4, -0.2) is 43.9 Å². The van der Waals surface area contributed by atoms with Crippen LogP contribution in [0.5, 0.6) is 11.5 Å². The van der Waals surface area contributed by atoms with Gasteiger partial charge in [0.15, 0.2) is 5.60 Å². The van der Waals surface area contributed by atoms with E-state index in [0.29, 0.717) is 11.1 Å². The van der Waals surface area contributed by atoms with Crippen LogP contribution >= 0.6 is 0 Å². The number of rotatable bonds is 9. The highest BCUT2D eigenvalue weighted by molar-refractivity contribution is 5.89. The van der Waals surface area contributed by atoms with Crippen molar-refractivity contribution >= 4 is 17.9 Å². The number of ether oxygens (including phenoxy) is 2. The van der Waals surface area contributed by atoms with E-state index >= 15 is 0 Å². The summed E-state index contributed by atoms with van der Waals surface area (Å²) in [6, 6.07) is 11.5. The number of benzene rings is 2. The number of carboxylic acid groups (broad SMARTS) is 1. The van der Waals surface area contributed by atoms with Crippen LogP contribution in [0.25, 0.3) is 0 Å². The van der Waals surface area contributed by atoms with Crippen LogP contribution in [0.3, 0.4) is 0 Å². The zero-order valence-corrected chi connectivity index (χ0v) is 15.3. The number of hydrogen-bond acceptors (Lipinski definition) is 8. The number of aliphatic hydroxyl groups is 1. The number of esters is 2. The smallest absolute Gasteiger partial charge is 0.339 e. The molecular weight excluding hydrogens is 384 g/mol. The molecule has 0 saturated carbocycles. The fourth-order valence-corrected chi connectivity index (χ4v) is 2.38. The standard InChI is InChI=1S/C20H20O9/c21-15-5-1-13(2-6-15)11-28-18(25)10-20(27,9-17(23)24)19(26)29-12-14-3-7-16(22)8-4-14/h1-8,21-22,27H,9-12H2,(H,23,24). The lowest BCUT2D eigenvalue weighted by Crippen LogP contribution is -2.44. The summed E-state index contributed by atoms with van der Waals surface area (Å²) < 4.78 is 9.90. The van der Waals surface area contributed by atoms with Crippen LogP contribution in [0.1, 0.15) is 24.0 Å². The van der Waals surface area contributed by atoms with E-state index in [1.54, 1.807) is 0 Å². The van der Waals surface area contributed by atoms with Gasteiger partial charge in [-0.2, -0.15) is 0 Å². The first kappa shape index (κ1) is 21.7. The number of aromatic hydroxyl groups is 2. The van der Waals surface area contributed by atoms with Gasteiger partial charge in [0.05, 0.1) is 12.8 Å². The van der Waals surface area contributed by atoms with Crippen LogP contribution in [0.2, 0.25) is 0 Å². The molecule has 0 saturated heterocycles. The summed E-state index contributed by atoms with van der Waals surface area (Å²) in [5.74, 6) is -3.73. The minimum absolute atomic E-state index is 0.0128. The molecule has 9 nitrogen and oxygen atoms in total. The summed E-state index contributed by atoms with van der Waals surface area (Å²) in [7, 11) is 0. The normalized spacial score (nSPS) is 12.6. The monoisotopic (exact) mass is 404 g/mol. The highest BCUT2D eigenvalue weighted by Gasteiger charge is 2.43. The zero-order chi connectivity index (χ0) is 21.4. The first-order valence-electron chi connectivity index (χ1n) is 8.51. The van der Waals surface area contributed by atoms with E-state index in [1.807, 2.05) is 0 Å². The Hall–Kier alpha value is -3.59. The lowest BCUT2D eigenvalue weighted by Gasteiger charge is -2.23. The van der Waals surface area contributed by atoms with Crippen LogP contribution in [-0.2, 0) is 37.1 Å². The second-order valence-electron chi connectivity index (χ2n) is 6.35. The SMILES string of the molecule is O=C(O)CC(O)(CC(=O)OCc1ccc(O)cc1)C(=O)OCc1ccc(O)cc1. The van der Waals surface area contributed by atoms with Gasteiger partial charge in [-0.3, -0.25) is 9.59 Å². The molecule has 0 aliphatic rings. The molecule has 2 aromatic carbocycles. The molecule has 154 valence electrons. The van der Waals surface area contributed by atoms with E-state index in [-0.39, 0.29) is 24.7 Å². The Balaban J connectivity index is 1.98. The number of carboxylic acids is 1. The average molecular weight is 404 g/mol. The van der Waals surface area contributed by atoms with Gasteiger partial charge in [0.2, 0.25) is 0 Å². The zero-order valence-electron chi connectivity index (χ0n) is 15.3. The molecule has 0 aliphatic heterocycles. The molecule has 0 fully saturated rings. The van der Waals surface area contributed by atoms with Crippen molar-refractivity contribution in [1.29, 1.82) is 0 Å². The maximum absolute atomic E-state index is 12.3. The summed E-state index contributed by atoms with van der Waals surface area (Å²) in [4.78, 5) is 35.4. The van der Waals surface area contributed by atoms with Crippen molar-refractivity contribution in [3.05, 3.63) is 59.7 Å². The quantitative estimate of drug-likeness (QED) is 0.456. The average Bonchev–Trinajstić information content (AvgIpc) is 2.66. The van der Waals surface area contributed by atoms with Crippen LogP contribution in [0.15, 0.2) is 48.5 Å². The second kappa shape index (κ2) is 9.56. The molecule has 1 unspecified atom stereocenters. The largest absolute Gasteiger partial charge is 0.508 e. The Kier molecular flexibility index (Phi) is 7.15. The van der Waals surface area contributed by atoms with E-state index in [9.17, 15) is 29.7 Å². The molecule has 0 heterocycles. The number of phenols is 2. The van der Waals surface area contributed by atoms with Gasteiger partial charge in [0.1, 0.15) is 24.7 Å². The Morgan fingerprint density at radius 1 is 0.759 bits per heavy atom. The van der Waals surface area contributed by atoms with Gasteiger partial charge in [-0.15, -0.1) is 0 Å². The number of aliphatic carboxylic acids is 1. The van der Waals surface area contributed by atoms with Gasteiger partial charge in [-0.1, -0.05) is 24.3 Å². The molecule has 0 bridgehead atoms. The highest BCUT2D eigenvalue weighted by atomic mass is 16.6. The predicted molar refractivity (Wildman–Crippen MR) is 97.6 cm³/mol. The molecule has 0 radical (unpaired) electrons. The molecule has 29 heavy (non-hydrogen) atoms. The summed E-state index contributed by atoms with van der Waals surface area (Å²) in [6.45, 7) is -0.478. The van der Waals surface area contributed by atoms with Gasteiger partial charge in [0, 0.05) is 0 Å². The fraction of sp³-hybridized carbons (Fsp3) is 0.250. The van der Waals surface area contributed by atoms with E-state index in [0.717, 1.165) is 0 Å². The van der Waals surface area contributed by atoms with Gasteiger partial charge >= 0.3 is 17.9 Å². The first-order valence-corrected chi connectivity index (χ1v) is 8.51. The molecule has 0 spiro atoms. The molecule has 2 rings (SSSR count). The lowest BCUT2D eigenvalue weighted by atomic mass is 9.95. The molecule has 2 aromatic rings. The van der Waals surface area contributed by atoms with Crippen LogP contribution in [0, 0.1) is 0 Å². The topological polar surface area (TPSA) is 151 Å². The molecule has 9 heteroatoms. The molecule has 4 N–H and O–H groups in total. The lowest BCUT2D eigenvalue weighted by molar-refractivity contribution is -0.178. The highest BCUT2D eigenvalue weighted by Crippen LogP contribution is 2.21. The third-order valence-electron chi connectivity index (χ3n) is 3.90. The fourth-order valence-electron chi connectivity index (χ4n) is 2.38. The van der Waals surface area contributed by atoms with Gasteiger partial charge in [-0.05, 0) is 35.4 Å². The summed E-state index contributed by atoms with van der Waals surface area (Å²) in [5, 5.41) is 37.9. The van der Waals surface area contributed by atoms with Crippen molar-refractivity contribution in [1.82, 2.24) is 0 Å². The van der Waals surface area contributed by atoms with Gasteiger partial charge < -0.3 is 29.9 Å². The number of phenolic OH excluding ortho intramolecular Hbond substituents is 2. The minimum atomic E-state index is -2.60. The summed E-state index contributed by atoms with van der Waals surface area (Å²) in [5.41, 5.74) is -1.56. The number of carbonyl (C=O) groups is 3. The van der Waals surface area contributed by atoms with E-state index < -0.39 is 36.4 Å². The predicted octanol–water partition coefficient (Wildman–Crippen LogP) is 1.48. The van der Waals surface area contributed by atoms with Crippen molar-refractivity contribution in [2.45, 2.75) is 31.7 Å². The Labute approximate surface area is 165 Å². The molecule has 1 atom stereocenters. The van der Waals surface area contributed by atoms with Crippen molar-refractivity contribution in [2.24, 2.45) is 0 Å². The third-order valence-corrected chi connectivity index (χ3v) is 3.90. The van der Waals surface area contributed by atoms with E-state index in [1.165, 1.54) is 48.5 Å². The molecule has 0 aromatic heterocycles. The van der Waals surface area contributed by atoms with Gasteiger partial charge in [-0.25, -0.2) is 4.79 Å². The van der Waals surface area contributed by atoms with Gasteiger partial charge in [0.25, 0.3) is 0 Å². The van der Waals surface area contributed by atoms with E-state index in [2.05, 4.69) is 0 Å². The maximum Gasteiger partial charge on any atom is 0.339 e. The molecule has 0 amide bonds. The summed E-state index contributed by atoms with van der Waals surface area (Å²) in [6.07, 6.45) is -1.96. The molecule has 0 aliphatic carbocycles. The van der Waals surface area contributed by atoms with Crippen LogP contribution < -0.4 is 0 Å². The maximum atomic E-state index is 12.3. The Morgan fingerprint density at radius 3 is 1.66 bits per heavy atom. The van der Waals surface area contributed by atoms with Crippen molar-refractivity contribution in [2.75, 3.05) is 0 Å². The first-order chi connectivity index (χ1) is 13.7.